The Balaban J connectivity index is 2.06. The molecular formula is C19H28. The molecule has 19 heavy (non-hydrogen) atoms. The molecule has 2 unspecified atom stereocenters. The molecule has 1 aromatic carbocycles. The minimum absolute atomic E-state index is 0.497. The van der Waals surface area contributed by atoms with Gasteiger partial charge in [-0.1, -0.05) is 44.5 Å². The van der Waals surface area contributed by atoms with Gasteiger partial charge in [-0.2, -0.15) is 0 Å². The molecule has 2 atom stereocenters. The molecule has 1 aromatic rings. The van der Waals surface area contributed by atoms with Gasteiger partial charge in [0, 0.05) is 0 Å². The molecule has 1 saturated carbocycles. The average molecular weight is 256 g/mol. The fourth-order valence-corrected chi connectivity index (χ4v) is 4.86. The maximum absolute atomic E-state index is 2.47. The third-order valence-electron chi connectivity index (χ3n) is 6.02. The first kappa shape index (κ1) is 13.2. The van der Waals surface area contributed by atoms with Gasteiger partial charge < -0.3 is 0 Å². The summed E-state index contributed by atoms with van der Waals surface area (Å²) in [6.45, 7) is 9.59. The van der Waals surface area contributed by atoms with Crippen LogP contribution >= 0.6 is 0 Å². The molecule has 0 heterocycles. The van der Waals surface area contributed by atoms with E-state index in [0.717, 1.165) is 5.92 Å². The highest BCUT2D eigenvalue weighted by Crippen LogP contribution is 2.56. The van der Waals surface area contributed by atoms with Crippen molar-refractivity contribution in [3.63, 3.8) is 0 Å². The number of hydrogen-bond donors (Lipinski definition) is 0. The smallest absolute Gasteiger partial charge is 0.00181 e. The molecule has 0 amide bonds. The lowest BCUT2D eigenvalue weighted by molar-refractivity contribution is 0.0688. The summed E-state index contributed by atoms with van der Waals surface area (Å²) in [5.74, 6) is 0.913. The Bertz CT molecular complexity index is 483. The highest BCUT2D eigenvalue weighted by Gasteiger charge is 2.48. The molecule has 2 aliphatic carbocycles. The van der Waals surface area contributed by atoms with Crippen molar-refractivity contribution in [3.8, 4) is 0 Å². The molecule has 0 bridgehead atoms. The maximum Gasteiger partial charge on any atom is -0.00181 e. The Morgan fingerprint density at radius 3 is 2.74 bits per heavy atom. The lowest BCUT2D eigenvalue weighted by atomic mass is 9.52. The molecule has 104 valence electrons. The SMILES string of the molecule is CCC12CCC(C)(C)CC1CCc1cc(C)ccc12. The van der Waals surface area contributed by atoms with Crippen LogP contribution in [0.25, 0.3) is 0 Å². The molecule has 0 spiro atoms. The van der Waals surface area contributed by atoms with Crippen LogP contribution in [0, 0.1) is 18.3 Å². The zero-order valence-corrected chi connectivity index (χ0v) is 13.1. The van der Waals surface area contributed by atoms with Gasteiger partial charge in [-0.15, -0.1) is 0 Å². The molecule has 0 aliphatic heterocycles. The highest BCUT2D eigenvalue weighted by atomic mass is 14.5. The predicted octanol–water partition coefficient (Wildman–Crippen LogP) is 5.42. The summed E-state index contributed by atoms with van der Waals surface area (Å²) in [7, 11) is 0. The van der Waals surface area contributed by atoms with Gasteiger partial charge in [-0.05, 0) is 73.3 Å². The van der Waals surface area contributed by atoms with E-state index in [4.69, 9.17) is 0 Å². The number of aryl methyl sites for hydroxylation is 2. The van der Waals surface area contributed by atoms with Crippen LogP contribution < -0.4 is 0 Å². The summed E-state index contributed by atoms with van der Waals surface area (Å²) in [5.41, 5.74) is 5.84. The van der Waals surface area contributed by atoms with Crippen molar-refractivity contribution in [1.29, 1.82) is 0 Å². The minimum Gasteiger partial charge on any atom is -0.0645 e. The van der Waals surface area contributed by atoms with Crippen LogP contribution in [-0.2, 0) is 11.8 Å². The van der Waals surface area contributed by atoms with E-state index in [1.54, 1.807) is 11.1 Å². The highest BCUT2D eigenvalue weighted by molar-refractivity contribution is 5.41. The maximum atomic E-state index is 2.47. The molecular weight excluding hydrogens is 228 g/mol. The van der Waals surface area contributed by atoms with Crippen molar-refractivity contribution in [2.24, 2.45) is 11.3 Å². The summed E-state index contributed by atoms with van der Waals surface area (Å²) in [4.78, 5) is 0. The summed E-state index contributed by atoms with van der Waals surface area (Å²) in [6, 6.07) is 7.24. The Morgan fingerprint density at radius 1 is 1.21 bits per heavy atom. The van der Waals surface area contributed by atoms with Crippen LogP contribution in [0.4, 0.5) is 0 Å². The van der Waals surface area contributed by atoms with Gasteiger partial charge in [0.15, 0.2) is 0 Å². The third-order valence-corrected chi connectivity index (χ3v) is 6.02. The summed E-state index contributed by atoms with van der Waals surface area (Å²) >= 11 is 0. The van der Waals surface area contributed by atoms with E-state index in [9.17, 15) is 0 Å². The minimum atomic E-state index is 0.497. The first-order valence-electron chi connectivity index (χ1n) is 8.07. The summed E-state index contributed by atoms with van der Waals surface area (Å²) in [5, 5.41) is 0. The zero-order valence-electron chi connectivity index (χ0n) is 13.1. The van der Waals surface area contributed by atoms with Gasteiger partial charge in [0.05, 0.1) is 0 Å². The van der Waals surface area contributed by atoms with Gasteiger partial charge in [0.25, 0.3) is 0 Å². The van der Waals surface area contributed by atoms with Crippen LogP contribution in [0.15, 0.2) is 18.2 Å². The Morgan fingerprint density at radius 2 is 2.00 bits per heavy atom. The topological polar surface area (TPSA) is 0 Å². The van der Waals surface area contributed by atoms with Gasteiger partial charge >= 0.3 is 0 Å². The average Bonchev–Trinajstić information content (AvgIpc) is 2.37. The monoisotopic (exact) mass is 256 g/mol. The molecule has 2 aliphatic rings. The van der Waals surface area contributed by atoms with E-state index >= 15 is 0 Å². The van der Waals surface area contributed by atoms with Gasteiger partial charge in [0.1, 0.15) is 0 Å². The van der Waals surface area contributed by atoms with Crippen LogP contribution in [0.3, 0.4) is 0 Å². The number of benzene rings is 1. The van der Waals surface area contributed by atoms with Gasteiger partial charge in [0.2, 0.25) is 0 Å². The van der Waals surface area contributed by atoms with Crippen molar-refractivity contribution >= 4 is 0 Å². The quantitative estimate of drug-likeness (QED) is 0.629. The largest absolute Gasteiger partial charge is 0.0645 e. The van der Waals surface area contributed by atoms with E-state index in [1.807, 2.05) is 0 Å². The first-order valence-corrected chi connectivity index (χ1v) is 8.07. The van der Waals surface area contributed by atoms with E-state index in [0.29, 0.717) is 10.8 Å². The lowest BCUT2D eigenvalue weighted by Gasteiger charge is -2.53. The van der Waals surface area contributed by atoms with E-state index in [2.05, 4.69) is 45.9 Å². The summed E-state index contributed by atoms with van der Waals surface area (Å²) in [6.07, 6.45) is 8.26. The second-order valence-corrected chi connectivity index (χ2v) is 7.77. The van der Waals surface area contributed by atoms with Crippen LogP contribution in [0.1, 0.15) is 69.6 Å². The molecule has 0 saturated heterocycles. The fraction of sp³-hybridized carbons (Fsp3) is 0.684. The number of rotatable bonds is 1. The number of fused-ring (bicyclic) bond motifs is 3. The van der Waals surface area contributed by atoms with Crippen molar-refractivity contribution < 1.29 is 0 Å². The first-order chi connectivity index (χ1) is 8.97. The predicted molar refractivity (Wildman–Crippen MR) is 82.6 cm³/mol. The van der Waals surface area contributed by atoms with Gasteiger partial charge in [-0.25, -0.2) is 0 Å². The van der Waals surface area contributed by atoms with Crippen LogP contribution in [0.2, 0.25) is 0 Å². The van der Waals surface area contributed by atoms with Crippen molar-refractivity contribution in [1.82, 2.24) is 0 Å². The zero-order chi connectivity index (χ0) is 13.7. The van der Waals surface area contributed by atoms with Gasteiger partial charge in [-0.3, -0.25) is 0 Å². The second kappa shape index (κ2) is 4.36. The van der Waals surface area contributed by atoms with Crippen molar-refractivity contribution in [3.05, 3.63) is 34.9 Å². The molecule has 0 nitrogen and oxygen atoms in total. The fourth-order valence-electron chi connectivity index (χ4n) is 4.86. The van der Waals surface area contributed by atoms with Crippen molar-refractivity contribution in [2.45, 2.75) is 71.6 Å². The molecule has 0 N–H and O–H groups in total. The normalized spacial score (nSPS) is 32.5. The lowest BCUT2D eigenvalue weighted by Crippen LogP contribution is -2.45. The van der Waals surface area contributed by atoms with Crippen LogP contribution in [-0.4, -0.2) is 0 Å². The molecule has 3 rings (SSSR count). The molecule has 0 radical (unpaired) electrons. The van der Waals surface area contributed by atoms with E-state index in [-0.39, 0.29) is 0 Å². The van der Waals surface area contributed by atoms with E-state index < -0.39 is 0 Å². The summed E-state index contributed by atoms with van der Waals surface area (Å²) < 4.78 is 0. The third kappa shape index (κ3) is 2.04. The van der Waals surface area contributed by atoms with Crippen molar-refractivity contribution in [2.75, 3.05) is 0 Å². The standard InChI is InChI=1S/C19H28/c1-5-19-11-10-18(3,4)13-16(19)8-7-15-12-14(2)6-9-17(15)19/h6,9,12,16H,5,7-8,10-11,13H2,1-4H3. The Hall–Kier alpha value is -0.780. The Kier molecular flexibility index (Phi) is 3.04. The van der Waals surface area contributed by atoms with Crippen LogP contribution in [0.5, 0.6) is 0 Å². The molecule has 0 heteroatoms. The molecule has 0 aromatic heterocycles. The second-order valence-electron chi connectivity index (χ2n) is 7.77. The number of hydrogen-bond acceptors (Lipinski definition) is 0. The van der Waals surface area contributed by atoms with E-state index in [1.165, 1.54) is 44.1 Å². The molecule has 1 fully saturated rings. The Labute approximate surface area is 118 Å².